The Morgan fingerprint density at radius 3 is 2.50 bits per heavy atom. The molecule has 0 saturated carbocycles. The van der Waals surface area contributed by atoms with Crippen molar-refractivity contribution in [2.45, 2.75) is 0 Å². The van der Waals surface area contributed by atoms with Crippen LogP contribution in [0.25, 0.3) is 11.3 Å². The van der Waals surface area contributed by atoms with Crippen molar-refractivity contribution in [2.24, 2.45) is 0 Å². The molecule has 16 heavy (non-hydrogen) atoms. The Morgan fingerprint density at radius 1 is 1.06 bits per heavy atom. The molecule has 2 nitrogen and oxygen atoms in total. The van der Waals surface area contributed by atoms with E-state index >= 15 is 0 Å². The molecule has 1 heterocycles. The largest absolute Gasteiger partial charge is 0.496 e. The lowest BCUT2D eigenvalue weighted by Crippen LogP contribution is -1.89. The number of benzene rings is 1. The number of hydrogen-bond donors (Lipinski definition) is 0. The summed E-state index contributed by atoms with van der Waals surface area (Å²) in [4.78, 5) is 4.31. The average Bonchev–Trinajstić information content (AvgIpc) is 2.34. The maximum Gasteiger partial charge on any atom is 0.134 e. The SMILES string of the molecule is COc1ccc(-c2ccccn2)c(Br)c1Br. The van der Waals surface area contributed by atoms with Gasteiger partial charge in [-0.3, -0.25) is 4.98 Å². The Balaban J connectivity index is 2.56. The Labute approximate surface area is 111 Å². The third-order valence-electron chi connectivity index (χ3n) is 2.21. The molecular formula is C12H9Br2NO. The van der Waals surface area contributed by atoms with Gasteiger partial charge in [-0.25, -0.2) is 0 Å². The smallest absolute Gasteiger partial charge is 0.134 e. The van der Waals surface area contributed by atoms with Crippen LogP contribution in [0.2, 0.25) is 0 Å². The first kappa shape index (κ1) is 11.6. The van der Waals surface area contributed by atoms with Crippen LogP contribution in [-0.2, 0) is 0 Å². The molecule has 82 valence electrons. The highest BCUT2D eigenvalue weighted by Crippen LogP contribution is 2.38. The fourth-order valence-corrected chi connectivity index (χ4v) is 2.45. The van der Waals surface area contributed by atoms with Gasteiger partial charge < -0.3 is 4.74 Å². The Hall–Kier alpha value is -0.870. The monoisotopic (exact) mass is 341 g/mol. The normalized spacial score (nSPS) is 10.2. The molecule has 0 aliphatic rings. The number of hydrogen-bond acceptors (Lipinski definition) is 2. The molecule has 0 fully saturated rings. The van der Waals surface area contributed by atoms with Crippen molar-refractivity contribution < 1.29 is 4.74 Å². The highest BCUT2D eigenvalue weighted by atomic mass is 79.9. The van der Waals surface area contributed by atoms with Crippen molar-refractivity contribution in [3.8, 4) is 17.0 Å². The van der Waals surface area contributed by atoms with Crippen molar-refractivity contribution >= 4 is 31.9 Å². The highest BCUT2D eigenvalue weighted by molar-refractivity contribution is 9.13. The fraction of sp³-hybridized carbons (Fsp3) is 0.0833. The van der Waals surface area contributed by atoms with Crippen LogP contribution in [0.4, 0.5) is 0 Å². The lowest BCUT2D eigenvalue weighted by atomic mass is 10.1. The van der Waals surface area contributed by atoms with Gasteiger partial charge in [-0.05, 0) is 56.1 Å². The minimum absolute atomic E-state index is 0.798. The van der Waals surface area contributed by atoms with E-state index in [1.165, 1.54) is 0 Å². The van der Waals surface area contributed by atoms with E-state index in [9.17, 15) is 0 Å². The van der Waals surface area contributed by atoms with Crippen LogP contribution in [0.5, 0.6) is 5.75 Å². The molecule has 0 saturated heterocycles. The lowest BCUT2D eigenvalue weighted by Gasteiger charge is -2.09. The second-order valence-electron chi connectivity index (χ2n) is 3.16. The second kappa shape index (κ2) is 4.97. The molecule has 0 bridgehead atoms. The number of pyridine rings is 1. The summed E-state index contributed by atoms with van der Waals surface area (Å²) in [7, 11) is 1.65. The van der Waals surface area contributed by atoms with Crippen LogP contribution in [0, 0.1) is 0 Å². The number of rotatable bonds is 2. The van der Waals surface area contributed by atoms with Crippen molar-refractivity contribution in [1.82, 2.24) is 4.98 Å². The summed E-state index contributed by atoms with van der Waals surface area (Å²) in [6, 6.07) is 9.73. The lowest BCUT2D eigenvalue weighted by molar-refractivity contribution is 0.412. The first-order valence-electron chi connectivity index (χ1n) is 4.67. The van der Waals surface area contributed by atoms with Crippen LogP contribution < -0.4 is 4.74 Å². The van der Waals surface area contributed by atoms with E-state index in [2.05, 4.69) is 36.8 Å². The summed E-state index contributed by atoms with van der Waals surface area (Å²) < 4.78 is 7.07. The zero-order valence-corrected chi connectivity index (χ0v) is 11.7. The van der Waals surface area contributed by atoms with Crippen molar-refractivity contribution in [2.75, 3.05) is 7.11 Å². The molecule has 0 aliphatic heterocycles. The summed E-state index contributed by atoms with van der Waals surface area (Å²) in [5.41, 5.74) is 1.96. The Morgan fingerprint density at radius 2 is 1.88 bits per heavy atom. The van der Waals surface area contributed by atoms with Gasteiger partial charge in [-0.2, -0.15) is 0 Å². The first-order chi connectivity index (χ1) is 7.74. The molecule has 0 radical (unpaired) electrons. The maximum atomic E-state index is 5.22. The van der Waals surface area contributed by atoms with Gasteiger partial charge in [0.2, 0.25) is 0 Å². The predicted octanol–water partition coefficient (Wildman–Crippen LogP) is 4.28. The van der Waals surface area contributed by atoms with Crippen molar-refractivity contribution in [3.63, 3.8) is 0 Å². The van der Waals surface area contributed by atoms with E-state index in [4.69, 9.17) is 4.74 Å². The van der Waals surface area contributed by atoms with Gasteiger partial charge in [-0.1, -0.05) is 6.07 Å². The molecule has 0 aliphatic carbocycles. The van der Waals surface area contributed by atoms with Gasteiger partial charge >= 0.3 is 0 Å². The van der Waals surface area contributed by atoms with E-state index in [1.807, 2.05) is 30.3 Å². The van der Waals surface area contributed by atoms with E-state index in [1.54, 1.807) is 13.3 Å². The van der Waals surface area contributed by atoms with Crippen LogP contribution in [0.15, 0.2) is 45.5 Å². The zero-order valence-electron chi connectivity index (χ0n) is 8.58. The third kappa shape index (κ3) is 2.13. The zero-order chi connectivity index (χ0) is 11.5. The van der Waals surface area contributed by atoms with Crippen LogP contribution in [0.3, 0.4) is 0 Å². The molecule has 1 aromatic heterocycles. The summed E-state index contributed by atoms with van der Waals surface area (Å²) in [6.07, 6.45) is 1.78. The molecular weight excluding hydrogens is 334 g/mol. The topological polar surface area (TPSA) is 22.1 Å². The van der Waals surface area contributed by atoms with Crippen molar-refractivity contribution in [1.29, 1.82) is 0 Å². The van der Waals surface area contributed by atoms with Crippen molar-refractivity contribution in [3.05, 3.63) is 45.5 Å². The first-order valence-corrected chi connectivity index (χ1v) is 6.26. The second-order valence-corrected chi connectivity index (χ2v) is 4.74. The molecule has 2 rings (SSSR count). The van der Waals surface area contributed by atoms with Gasteiger partial charge in [0.25, 0.3) is 0 Å². The van der Waals surface area contributed by atoms with Gasteiger partial charge in [0.15, 0.2) is 0 Å². The fourth-order valence-electron chi connectivity index (χ4n) is 1.41. The molecule has 0 atom stereocenters. The molecule has 0 N–H and O–H groups in total. The standard InChI is InChI=1S/C12H9Br2NO/c1-16-10-6-5-8(11(13)12(10)14)9-4-2-3-7-15-9/h2-7H,1H3. The number of methoxy groups -OCH3 is 1. The number of halogens is 2. The van der Waals surface area contributed by atoms with Gasteiger partial charge in [-0.15, -0.1) is 0 Å². The average molecular weight is 343 g/mol. The van der Waals surface area contributed by atoms with Gasteiger partial charge in [0, 0.05) is 16.2 Å². The summed E-state index contributed by atoms with van der Waals surface area (Å²) in [5, 5.41) is 0. The summed E-state index contributed by atoms with van der Waals surface area (Å²) >= 11 is 7.03. The number of aromatic nitrogens is 1. The van der Waals surface area contributed by atoms with E-state index in [0.717, 1.165) is 26.0 Å². The summed E-state index contributed by atoms with van der Waals surface area (Å²) in [5.74, 6) is 0.798. The van der Waals surface area contributed by atoms with Crippen LogP contribution >= 0.6 is 31.9 Å². The Bertz CT molecular complexity index is 500. The summed E-state index contributed by atoms with van der Waals surface area (Å²) in [6.45, 7) is 0. The third-order valence-corrected chi connectivity index (χ3v) is 4.35. The number of nitrogens with zero attached hydrogens (tertiary/aromatic N) is 1. The molecule has 0 spiro atoms. The highest BCUT2D eigenvalue weighted by Gasteiger charge is 2.11. The molecule has 4 heteroatoms. The van der Waals surface area contributed by atoms with Crippen LogP contribution in [-0.4, -0.2) is 12.1 Å². The number of ether oxygens (including phenoxy) is 1. The molecule has 0 unspecified atom stereocenters. The molecule has 1 aromatic carbocycles. The minimum Gasteiger partial charge on any atom is -0.496 e. The quantitative estimate of drug-likeness (QED) is 0.812. The maximum absolute atomic E-state index is 5.22. The molecule has 0 amide bonds. The molecule has 2 aromatic rings. The minimum atomic E-state index is 0.798. The predicted molar refractivity (Wildman–Crippen MR) is 71.6 cm³/mol. The van der Waals surface area contributed by atoms with Crippen LogP contribution in [0.1, 0.15) is 0 Å². The Kier molecular flexibility index (Phi) is 3.61. The van der Waals surface area contributed by atoms with E-state index in [0.29, 0.717) is 0 Å². The van der Waals surface area contributed by atoms with Gasteiger partial charge in [0.05, 0.1) is 17.3 Å². The van der Waals surface area contributed by atoms with E-state index < -0.39 is 0 Å². The van der Waals surface area contributed by atoms with E-state index in [-0.39, 0.29) is 0 Å². The van der Waals surface area contributed by atoms with Gasteiger partial charge in [0.1, 0.15) is 5.75 Å².